The molecule has 0 amide bonds. The Morgan fingerprint density at radius 1 is 1.21 bits per heavy atom. The van der Waals surface area contributed by atoms with Gasteiger partial charge in [0, 0.05) is 12.2 Å². The third-order valence-corrected chi connectivity index (χ3v) is 5.20. The van der Waals surface area contributed by atoms with E-state index in [1.54, 1.807) is 13.0 Å². The summed E-state index contributed by atoms with van der Waals surface area (Å²) in [7, 11) is -3.48. The molecule has 3 N–H and O–H groups in total. The third kappa shape index (κ3) is 3.94. The fourth-order valence-corrected chi connectivity index (χ4v) is 3.48. The molecule has 0 aliphatic heterocycles. The number of sulfonamides is 1. The monoisotopic (exact) mass is 284 g/mol. The molecule has 0 saturated carbocycles. The van der Waals surface area contributed by atoms with Gasteiger partial charge in [-0.1, -0.05) is 26.7 Å². The van der Waals surface area contributed by atoms with Crippen molar-refractivity contribution in [3.63, 3.8) is 0 Å². The van der Waals surface area contributed by atoms with Crippen molar-refractivity contribution in [3.8, 4) is 0 Å². The predicted molar refractivity (Wildman–Crippen MR) is 79.6 cm³/mol. The van der Waals surface area contributed by atoms with Crippen molar-refractivity contribution in [1.82, 2.24) is 4.72 Å². The molecule has 0 saturated heterocycles. The number of hydrogen-bond donors (Lipinski definition) is 2. The molecule has 5 heteroatoms. The summed E-state index contributed by atoms with van der Waals surface area (Å²) in [6.45, 7) is 8.28. The number of rotatable bonds is 6. The molecule has 0 heterocycles. The van der Waals surface area contributed by atoms with E-state index in [9.17, 15) is 8.42 Å². The molecule has 0 spiro atoms. The maximum Gasteiger partial charge on any atom is 0.240 e. The Balaban J connectivity index is 3.01. The van der Waals surface area contributed by atoms with E-state index in [-0.39, 0.29) is 4.90 Å². The van der Waals surface area contributed by atoms with Crippen molar-refractivity contribution in [2.24, 2.45) is 5.92 Å². The SMILES string of the molecule is CCC(CC)CNS(=O)(=O)c1cc(N)cc(C)c1C. The van der Waals surface area contributed by atoms with Gasteiger partial charge in [0.1, 0.15) is 0 Å². The van der Waals surface area contributed by atoms with E-state index in [4.69, 9.17) is 5.73 Å². The molecule has 1 rings (SSSR count). The molecule has 108 valence electrons. The van der Waals surface area contributed by atoms with Gasteiger partial charge < -0.3 is 5.73 Å². The van der Waals surface area contributed by atoms with Crippen LogP contribution in [0.25, 0.3) is 0 Å². The van der Waals surface area contributed by atoms with Crippen molar-refractivity contribution in [2.45, 2.75) is 45.4 Å². The Morgan fingerprint density at radius 2 is 1.79 bits per heavy atom. The molecule has 0 atom stereocenters. The van der Waals surface area contributed by atoms with Crippen molar-refractivity contribution >= 4 is 15.7 Å². The Labute approximate surface area is 116 Å². The number of benzene rings is 1. The molecular weight excluding hydrogens is 260 g/mol. The molecule has 1 aromatic carbocycles. The van der Waals surface area contributed by atoms with E-state index in [0.717, 1.165) is 24.0 Å². The number of nitrogens with one attached hydrogen (secondary N) is 1. The molecule has 4 nitrogen and oxygen atoms in total. The van der Waals surface area contributed by atoms with Crippen molar-refractivity contribution in [2.75, 3.05) is 12.3 Å². The van der Waals surface area contributed by atoms with Gasteiger partial charge >= 0.3 is 0 Å². The quantitative estimate of drug-likeness (QED) is 0.789. The number of nitrogens with two attached hydrogens (primary N) is 1. The Hall–Kier alpha value is -1.07. The van der Waals surface area contributed by atoms with Crippen LogP contribution in [0.15, 0.2) is 17.0 Å². The van der Waals surface area contributed by atoms with Gasteiger partial charge in [0.2, 0.25) is 10.0 Å². The zero-order chi connectivity index (χ0) is 14.6. The third-order valence-electron chi connectivity index (χ3n) is 3.65. The molecule has 0 unspecified atom stereocenters. The van der Waals surface area contributed by atoms with Crippen LogP contribution < -0.4 is 10.5 Å². The van der Waals surface area contributed by atoms with Gasteiger partial charge in [-0.3, -0.25) is 0 Å². The minimum atomic E-state index is -3.48. The highest BCUT2D eigenvalue weighted by Gasteiger charge is 2.19. The summed E-state index contributed by atoms with van der Waals surface area (Å²) in [5.74, 6) is 0.372. The summed E-state index contributed by atoms with van der Waals surface area (Å²) in [6, 6.07) is 3.31. The first-order chi connectivity index (χ1) is 8.81. The van der Waals surface area contributed by atoms with Crippen LogP contribution in [0, 0.1) is 19.8 Å². The lowest BCUT2D eigenvalue weighted by Crippen LogP contribution is -2.29. The van der Waals surface area contributed by atoms with E-state index >= 15 is 0 Å². The van der Waals surface area contributed by atoms with Crippen LogP contribution in [0.3, 0.4) is 0 Å². The first-order valence-corrected chi connectivity index (χ1v) is 8.16. The second-order valence-electron chi connectivity index (χ2n) is 5.00. The van der Waals surface area contributed by atoms with E-state index in [1.165, 1.54) is 6.07 Å². The van der Waals surface area contributed by atoms with E-state index in [1.807, 2.05) is 6.92 Å². The normalized spacial score (nSPS) is 12.1. The van der Waals surface area contributed by atoms with Crippen LogP contribution in [0.2, 0.25) is 0 Å². The van der Waals surface area contributed by atoms with Crippen LogP contribution >= 0.6 is 0 Å². The lowest BCUT2D eigenvalue weighted by Gasteiger charge is -2.16. The number of nitrogen functional groups attached to an aromatic ring is 1. The Bertz CT molecular complexity index is 535. The molecule has 0 bridgehead atoms. The molecule has 19 heavy (non-hydrogen) atoms. The lowest BCUT2D eigenvalue weighted by atomic mass is 10.0. The summed E-state index contributed by atoms with van der Waals surface area (Å²) in [5, 5.41) is 0. The maximum atomic E-state index is 12.3. The van der Waals surface area contributed by atoms with E-state index in [0.29, 0.717) is 18.2 Å². The summed E-state index contributed by atoms with van der Waals surface area (Å²) in [6.07, 6.45) is 1.93. The minimum Gasteiger partial charge on any atom is -0.399 e. The van der Waals surface area contributed by atoms with Gasteiger partial charge in [0.05, 0.1) is 4.90 Å². The summed E-state index contributed by atoms with van der Waals surface area (Å²) in [5.41, 5.74) is 7.87. The first kappa shape index (κ1) is 16.0. The van der Waals surface area contributed by atoms with Crippen molar-refractivity contribution in [1.29, 1.82) is 0 Å². The molecule has 0 aliphatic carbocycles. The topological polar surface area (TPSA) is 72.2 Å². The fraction of sp³-hybridized carbons (Fsp3) is 0.571. The Morgan fingerprint density at radius 3 is 2.32 bits per heavy atom. The van der Waals surface area contributed by atoms with Crippen LogP contribution in [-0.4, -0.2) is 15.0 Å². The Kier molecular flexibility index (Phi) is 5.38. The van der Waals surface area contributed by atoms with Crippen molar-refractivity contribution < 1.29 is 8.42 Å². The second kappa shape index (κ2) is 6.39. The number of hydrogen-bond acceptors (Lipinski definition) is 3. The molecule has 0 radical (unpaired) electrons. The van der Waals surface area contributed by atoms with E-state index < -0.39 is 10.0 Å². The lowest BCUT2D eigenvalue weighted by molar-refractivity contribution is 0.479. The summed E-state index contributed by atoms with van der Waals surface area (Å²) < 4.78 is 27.3. The summed E-state index contributed by atoms with van der Waals surface area (Å²) >= 11 is 0. The van der Waals surface area contributed by atoms with Gasteiger partial charge in [-0.2, -0.15) is 0 Å². The van der Waals surface area contributed by atoms with E-state index in [2.05, 4.69) is 18.6 Å². The molecule has 0 aromatic heterocycles. The van der Waals surface area contributed by atoms with Crippen LogP contribution in [0.5, 0.6) is 0 Å². The smallest absolute Gasteiger partial charge is 0.240 e. The summed E-state index contributed by atoms with van der Waals surface area (Å²) in [4.78, 5) is 0.288. The first-order valence-electron chi connectivity index (χ1n) is 6.68. The standard InChI is InChI=1S/C14H24N2O2S/c1-5-12(6-2)9-16-19(17,18)14-8-13(15)7-10(3)11(14)4/h7-8,12,16H,5-6,9,15H2,1-4H3. The van der Waals surface area contributed by atoms with Gasteiger partial charge in [0.15, 0.2) is 0 Å². The van der Waals surface area contributed by atoms with Crippen LogP contribution in [-0.2, 0) is 10.0 Å². The van der Waals surface area contributed by atoms with Crippen LogP contribution in [0.1, 0.15) is 37.8 Å². The second-order valence-corrected chi connectivity index (χ2v) is 6.73. The minimum absolute atomic E-state index is 0.288. The molecular formula is C14H24N2O2S. The number of aryl methyl sites for hydroxylation is 1. The fourth-order valence-electron chi connectivity index (χ4n) is 2.02. The van der Waals surface area contributed by atoms with Gasteiger partial charge in [-0.05, 0) is 43.0 Å². The largest absolute Gasteiger partial charge is 0.399 e. The molecule has 1 aromatic rings. The average molecular weight is 284 g/mol. The van der Waals surface area contributed by atoms with Gasteiger partial charge in [-0.15, -0.1) is 0 Å². The van der Waals surface area contributed by atoms with Gasteiger partial charge in [0.25, 0.3) is 0 Å². The zero-order valence-corrected chi connectivity index (χ0v) is 13.0. The highest BCUT2D eigenvalue weighted by molar-refractivity contribution is 7.89. The molecule has 0 aliphatic rings. The van der Waals surface area contributed by atoms with Crippen molar-refractivity contribution in [3.05, 3.63) is 23.3 Å². The van der Waals surface area contributed by atoms with Gasteiger partial charge in [-0.25, -0.2) is 13.1 Å². The molecule has 0 fully saturated rings. The number of anilines is 1. The average Bonchev–Trinajstić information content (AvgIpc) is 2.34. The highest BCUT2D eigenvalue weighted by Crippen LogP contribution is 2.22. The maximum absolute atomic E-state index is 12.3. The highest BCUT2D eigenvalue weighted by atomic mass is 32.2. The van der Waals surface area contributed by atoms with Crippen LogP contribution in [0.4, 0.5) is 5.69 Å². The predicted octanol–water partition coefficient (Wildman–Crippen LogP) is 2.60. The zero-order valence-electron chi connectivity index (χ0n) is 12.2.